The van der Waals surface area contributed by atoms with E-state index < -0.39 is 5.60 Å². The van der Waals surface area contributed by atoms with E-state index in [1.807, 2.05) is 48.0 Å². The first kappa shape index (κ1) is 19.4. The maximum absolute atomic E-state index is 10.2. The lowest BCUT2D eigenvalue weighted by molar-refractivity contribution is 0.0786. The first-order valence-electron chi connectivity index (χ1n) is 10.2. The molecule has 0 aliphatic heterocycles. The Hall–Kier alpha value is -2.92. The van der Waals surface area contributed by atoms with E-state index in [4.69, 9.17) is 5.41 Å². The molecule has 5 nitrogen and oxygen atoms in total. The number of hydrogen-bond donors (Lipinski definition) is 3. The molecular formula is C24H28N4O. The zero-order chi connectivity index (χ0) is 20.6. The van der Waals surface area contributed by atoms with Gasteiger partial charge in [0, 0.05) is 28.6 Å². The van der Waals surface area contributed by atoms with Gasteiger partial charge in [0.15, 0.2) is 0 Å². The summed E-state index contributed by atoms with van der Waals surface area (Å²) in [6.07, 6.45) is 4.89. The van der Waals surface area contributed by atoms with Crippen molar-refractivity contribution in [2.24, 2.45) is 0 Å². The van der Waals surface area contributed by atoms with Gasteiger partial charge in [0.25, 0.3) is 0 Å². The first-order valence-corrected chi connectivity index (χ1v) is 10.2. The summed E-state index contributed by atoms with van der Waals surface area (Å²) in [5.41, 5.74) is 5.66. The molecule has 4 rings (SSSR count). The van der Waals surface area contributed by atoms with Crippen LogP contribution < -0.4 is 5.32 Å². The molecular weight excluding hydrogens is 360 g/mol. The molecule has 1 fully saturated rings. The van der Waals surface area contributed by atoms with E-state index in [1.165, 1.54) is 12.8 Å². The van der Waals surface area contributed by atoms with Crippen LogP contribution in [0.3, 0.4) is 0 Å². The molecule has 2 aromatic carbocycles. The van der Waals surface area contributed by atoms with Crippen LogP contribution in [0, 0.1) is 5.41 Å². The Labute approximate surface area is 171 Å². The van der Waals surface area contributed by atoms with Crippen molar-refractivity contribution in [3.63, 3.8) is 0 Å². The number of anilines is 1. The Morgan fingerprint density at radius 3 is 2.52 bits per heavy atom. The van der Waals surface area contributed by atoms with Crippen molar-refractivity contribution in [1.29, 1.82) is 5.41 Å². The number of benzene rings is 2. The largest absolute Gasteiger partial charge is 0.386 e. The number of nitrogens with one attached hydrogen (secondary N) is 2. The molecule has 0 unspecified atom stereocenters. The molecule has 3 aromatic rings. The molecule has 0 saturated heterocycles. The summed E-state index contributed by atoms with van der Waals surface area (Å²) >= 11 is 0. The highest BCUT2D eigenvalue weighted by Crippen LogP contribution is 2.32. The van der Waals surface area contributed by atoms with Crippen molar-refractivity contribution < 1.29 is 5.11 Å². The van der Waals surface area contributed by atoms with Gasteiger partial charge >= 0.3 is 0 Å². The Kier molecular flexibility index (Phi) is 5.01. The number of nitrogens with zero attached hydrogens (tertiary/aromatic N) is 2. The second-order valence-electron chi connectivity index (χ2n) is 8.25. The Bertz CT molecular complexity index is 1020. The summed E-state index contributed by atoms with van der Waals surface area (Å²) in [7, 11) is 0. The highest BCUT2D eigenvalue weighted by molar-refractivity contribution is 6.03. The van der Waals surface area contributed by atoms with Crippen molar-refractivity contribution in [2.45, 2.75) is 51.7 Å². The number of aromatic nitrogens is 2. The van der Waals surface area contributed by atoms with Crippen LogP contribution >= 0.6 is 0 Å². The molecule has 1 aromatic heterocycles. The third-order valence-electron chi connectivity index (χ3n) is 5.39. The Morgan fingerprint density at radius 1 is 1.17 bits per heavy atom. The highest BCUT2D eigenvalue weighted by atomic mass is 16.3. The molecule has 0 spiro atoms. The third kappa shape index (κ3) is 4.10. The van der Waals surface area contributed by atoms with E-state index in [0.29, 0.717) is 18.2 Å². The fourth-order valence-electron chi connectivity index (χ4n) is 3.46. The molecule has 1 aliphatic carbocycles. The second kappa shape index (κ2) is 7.48. The second-order valence-corrected chi connectivity index (χ2v) is 8.25. The van der Waals surface area contributed by atoms with Crippen molar-refractivity contribution in [3.05, 3.63) is 65.9 Å². The lowest BCUT2D eigenvalue weighted by atomic mass is 9.98. The molecule has 0 amide bonds. The maximum atomic E-state index is 10.2. The van der Waals surface area contributed by atoms with Gasteiger partial charge in [-0.3, -0.25) is 0 Å². The van der Waals surface area contributed by atoms with Gasteiger partial charge in [-0.2, -0.15) is 5.10 Å². The zero-order valence-corrected chi connectivity index (χ0v) is 17.2. The minimum atomic E-state index is -0.867. The van der Waals surface area contributed by atoms with Crippen LogP contribution in [0.15, 0.2) is 54.7 Å². The fourth-order valence-corrected chi connectivity index (χ4v) is 3.46. The first-order chi connectivity index (χ1) is 13.9. The topological polar surface area (TPSA) is 73.9 Å². The molecule has 3 N–H and O–H groups in total. The predicted molar refractivity (Wildman–Crippen MR) is 118 cm³/mol. The summed E-state index contributed by atoms with van der Waals surface area (Å²) in [4.78, 5) is 0. The van der Waals surface area contributed by atoms with Crippen LogP contribution in [0.1, 0.15) is 51.2 Å². The van der Waals surface area contributed by atoms with Gasteiger partial charge in [-0.15, -0.1) is 0 Å². The van der Waals surface area contributed by atoms with Crippen molar-refractivity contribution in [2.75, 3.05) is 5.32 Å². The van der Waals surface area contributed by atoms with Gasteiger partial charge in [0.05, 0.1) is 23.2 Å². The van der Waals surface area contributed by atoms with Crippen molar-refractivity contribution >= 4 is 11.4 Å². The minimum Gasteiger partial charge on any atom is -0.386 e. The lowest BCUT2D eigenvalue weighted by Gasteiger charge is -2.18. The number of rotatable bonds is 7. The monoisotopic (exact) mass is 388 g/mol. The quantitative estimate of drug-likeness (QED) is 0.492. The van der Waals surface area contributed by atoms with Crippen LogP contribution in [-0.4, -0.2) is 26.6 Å². The Balaban J connectivity index is 1.71. The standard InChI is InChI=1S/C24H28N4O/c1-4-21(25)20-12-5-16(15-22(20)27-18-8-9-18)23-13-14-26-28(23)19-10-6-17(7-11-19)24(2,3)29/h5-7,10-15,18,25,27,29H,4,8-9H2,1-3H3. The maximum Gasteiger partial charge on any atom is 0.0840 e. The fraction of sp³-hybridized carbons (Fsp3) is 0.333. The van der Waals surface area contributed by atoms with E-state index in [9.17, 15) is 5.11 Å². The van der Waals surface area contributed by atoms with Crippen LogP contribution in [-0.2, 0) is 5.60 Å². The van der Waals surface area contributed by atoms with Gasteiger partial charge in [0.2, 0.25) is 0 Å². The molecule has 0 atom stereocenters. The van der Waals surface area contributed by atoms with E-state index >= 15 is 0 Å². The molecule has 1 saturated carbocycles. The van der Waals surface area contributed by atoms with E-state index in [-0.39, 0.29) is 0 Å². The average molecular weight is 389 g/mol. The van der Waals surface area contributed by atoms with Crippen molar-refractivity contribution in [3.8, 4) is 16.9 Å². The van der Waals surface area contributed by atoms with Crippen LogP contribution in [0.25, 0.3) is 16.9 Å². The van der Waals surface area contributed by atoms with Gasteiger partial charge in [0.1, 0.15) is 0 Å². The molecule has 1 aliphatic rings. The summed E-state index contributed by atoms with van der Waals surface area (Å²) in [5.74, 6) is 0. The van der Waals surface area contributed by atoms with Crippen molar-refractivity contribution in [1.82, 2.24) is 9.78 Å². The molecule has 0 bridgehead atoms. The number of aliphatic hydroxyl groups is 1. The van der Waals surface area contributed by atoms with Crippen LogP contribution in [0.4, 0.5) is 5.69 Å². The van der Waals surface area contributed by atoms with Gasteiger partial charge in [-0.25, -0.2) is 4.68 Å². The summed E-state index contributed by atoms with van der Waals surface area (Å²) in [6.45, 7) is 5.58. The summed E-state index contributed by atoms with van der Waals surface area (Å²) < 4.78 is 1.91. The predicted octanol–water partition coefficient (Wildman–Crippen LogP) is 5.12. The van der Waals surface area contributed by atoms with E-state index in [2.05, 4.69) is 22.5 Å². The zero-order valence-electron chi connectivity index (χ0n) is 17.2. The Morgan fingerprint density at radius 2 is 1.90 bits per heavy atom. The third-order valence-corrected chi connectivity index (χ3v) is 5.39. The smallest absolute Gasteiger partial charge is 0.0840 e. The van der Waals surface area contributed by atoms with Crippen LogP contribution in [0.2, 0.25) is 0 Å². The lowest BCUT2D eigenvalue weighted by Crippen LogP contribution is -2.15. The van der Waals surface area contributed by atoms with E-state index in [0.717, 1.165) is 33.8 Å². The molecule has 29 heavy (non-hydrogen) atoms. The summed E-state index contributed by atoms with van der Waals surface area (Å²) in [6, 6.07) is 16.6. The van der Waals surface area contributed by atoms with E-state index in [1.54, 1.807) is 20.0 Å². The molecule has 0 radical (unpaired) electrons. The number of hydrogen-bond acceptors (Lipinski definition) is 4. The van der Waals surface area contributed by atoms with Gasteiger partial charge in [-0.1, -0.05) is 31.2 Å². The van der Waals surface area contributed by atoms with Gasteiger partial charge < -0.3 is 15.8 Å². The normalized spacial score (nSPS) is 14.1. The summed E-state index contributed by atoms with van der Waals surface area (Å²) in [5, 5.41) is 26.6. The van der Waals surface area contributed by atoms with Crippen LogP contribution in [0.5, 0.6) is 0 Å². The molecule has 1 heterocycles. The molecule has 150 valence electrons. The minimum absolute atomic E-state index is 0.521. The highest BCUT2D eigenvalue weighted by Gasteiger charge is 2.23. The molecule has 5 heteroatoms. The SMILES string of the molecule is CCC(=N)c1ccc(-c2ccnn2-c2ccc(C(C)(C)O)cc2)cc1NC1CC1. The van der Waals surface area contributed by atoms with Gasteiger partial charge in [-0.05, 0) is 62.9 Å². The average Bonchev–Trinajstić information content (AvgIpc) is 3.38.